The largest absolute Gasteiger partial charge is 0.298 e. The third kappa shape index (κ3) is 3.38. The first-order chi connectivity index (χ1) is 10.9. The molecule has 0 saturated carbocycles. The number of tetrazole rings is 1. The van der Waals surface area contributed by atoms with Crippen molar-refractivity contribution in [1.82, 2.24) is 25.1 Å². The van der Waals surface area contributed by atoms with Crippen LogP contribution in [-0.4, -0.2) is 43.7 Å². The van der Waals surface area contributed by atoms with Crippen molar-refractivity contribution in [3.05, 3.63) is 34.9 Å². The van der Waals surface area contributed by atoms with E-state index in [1.54, 1.807) is 6.07 Å². The molecule has 124 valence electrons. The fourth-order valence-electron chi connectivity index (χ4n) is 3.21. The molecule has 2 aromatic rings. The third-order valence-corrected chi connectivity index (χ3v) is 4.84. The summed E-state index contributed by atoms with van der Waals surface area (Å²) in [5.41, 5.74) is 1.85. The molecule has 1 aromatic heterocycles. The predicted octanol–water partition coefficient (Wildman–Crippen LogP) is 3.43. The van der Waals surface area contributed by atoms with Gasteiger partial charge in [0.05, 0.1) is 10.7 Å². The maximum absolute atomic E-state index is 13.9. The minimum Gasteiger partial charge on any atom is -0.298 e. The fraction of sp³-hybridized carbons (Fsp3) is 0.562. The summed E-state index contributed by atoms with van der Waals surface area (Å²) in [5.74, 6) is -0.126. The van der Waals surface area contributed by atoms with Gasteiger partial charge in [0.15, 0.2) is 0 Å². The summed E-state index contributed by atoms with van der Waals surface area (Å²) in [4.78, 5) is 2.48. The summed E-state index contributed by atoms with van der Waals surface area (Å²) in [6.45, 7) is 8.72. The van der Waals surface area contributed by atoms with Gasteiger partial charge in [-0.15, -0.1) is 5.10 Å². The lowest BCUT2D eigenvalue weighted by Gasteiger charge is -2.41. The van der Waals surface area contributed by atoms with Gasteiger partial charge in [0, 0.05) is 11.6 Å². The van der Waals surface area contributed by atoms with E-state index in [2.05, 4.69) is 41.2 Å². The number of piperidine rings is 1. The molecule has 1 aliphatic rings. The molecule has 0 spiro atoms. The lowest BCUT2D eigenvalue weighted by molar-refractivity contribution is 0.102. The SMILES string of the molecule is CC(C)(C)N1CCC(c2cc(Cl)c(F)cc2-n2cnnn2)CC1. The Morgan fingerprint density at radius 3 is 2.48 bits per heavy atom. The van der Waals surface area contributed by atoms with Gasteiger partial charge in [-0.2, -0.15) is 0 Å². The number of nitrogens with zero attached hydrogens (tertiary/aromatic N) is 5. The second kappa shape index (κ2) is 6.17. The molecule has 1 aromatic carbocycles. The fourth-order valence-corrected chi connectivity index (χ4v) is 3.38. The normalized spacial score (nSPS) is 17.6. The van der Waals surface area contributed by atoms with Crippen molar-refractivity contribution in [3.8, 4) is 5.69 Å². The topological polar surface area (TPSA) is 46.8 Å². The van der Waals surface area contributed by atoms with Crippen LogP contribution >= 0.6 is 11.6 Å². The van der Waals surface area contributed by atoms with Crippen LogP contribution in [0.1, 0.15) is 45.1 Å². The Bertz CT molecular complexity index is 673. The first-order valence-corrected chi connectivity index (χ1v) is 8.21. The van der Waals surface area contributed by atoms with Gasteiger partial charge in [-0.3, -0.25) is 4.90 Å². The molecule has 0 aliphatic carbocycles. The summed E-state index contributed by atoms with van der Waals surface area (Å²) in [5, 5.41) is 11.4. The van der Waals surface area contributed by atoms with Crippen LogP contribution in [0.15, 0.2) is 18.5 Å². The average molecular weight is 338 g/mol. The lowest BCUT2D eigenvalue weighted by Crippen LogP contribution is -2.45. The van der Waals surface area contributed by atoms with E-state index in [0.717, 1.165) is 31.5 Å². The Hall–Kier alpha value is -1.53. The Morgan fingerprint density at radius 1 is 1.22 bits per heavy atom. The number of hydrogen-bond acceptors (Lipinski definition) is 4. The van der Waals surface area contributed by atoms with E-state index >= 15 is 0 Å². The number of benzene rings is 1. The average Bonchev–Trinajstić information content (AvgIpc) is 3.03. The van der Waals surface area contributed by atoms with Crippen molar-refractivity contribution in [2.75, 3.05) is 13.1 Å². The number of aromatic nitrogens is 4. The van der Waals surface area contributed by atoms with E-state index < -0.39 is 5.82 Å². The molecule has 0 amide bonds. The zero-order valence-corrected chi connectivity index (χ0v) is 14.4. The highest BCUT2D eigenvalue weighted by Gasteiger charge is 2.29. The molecular formula is C16H21ClFN5. The molecule has 0 N–H and O–H groups in total. The van der Waals surface area contributed by atoms with Crippen molar-refractivity contribution >= 4 is 11.6 Å². The Balaban J connectivity index is 1.90. The summed E-state index contributed by atoms with van der Waals surface area (Å²) in [7, 11) is 0. The minimum atomic E-state index is -0.451. The van der Waals surface area contributed by atoms with Crippen molar-refractivity contribution in [2.45, 2.75) is 45.1 Å². The first-order valence-electron chi connectivity index (χ1n) is 7.83. The molecular weight excluding hydrogens is 317 g/mol. The molecule has 0 unspecified atom stereocenters. The highest BCUT2D eigenvalue weighted by atomic mass is 35.5. The summed E-state index contributed by atoms with van der Waals surface area (Å²) < 4.78 is 15.4. The van der Waals surface area contributed by atoms with Crippen LogP contribution in [0.2, 0.25) is 5.02 Å². The molecule has 0 radical (unpaired) electrons. The zero-order valence-electron chi connectivity index (χ0n) is 13.6. The molecule has 23 heavy (non-hydrogen) atoms. The molecule has 1 saturated heterocycles. The van der Waals surface area contributed by atoms with Crippen molar-refractivity contribution in [3.63, 3.8) is 0 Å². The van der Waals surface area contributed by atoms with E-state index in [1.807, 2.05) is 0 Å². The van der Waals surface area contributed by atoms with Crippen molar-refractivity contribution in [2.24, 2.45) is 0 Å². The molecule has 1 fully saturated rings. The lowest BCUT2D eigenvalue weighted by atomic mass is 9.86. The van der Waals surface area contributed by atoms with E-state index in [4.69, 9.17) is 11.6 Å². The second-order valence-corrected chi connectivity index (χ2v) is 7.42. The molecule has 3 rings (SSSR count). The highest BCUT2D eigenvalue weighted by Crippen LogP contribution is 2.36. The van der Waals surface area contributed by atoms with Gasteiger partial charge in [-0.25, -0.2) is 9.07 Å². The van der Waals surface area contributed by atoms with Crippen molar-refractivity contribution in [1.29, 1.82) is 0 Å². The van der Waals surface area contributed by atoms with E-state index in [1.165, 1.54) is 17.1 Å². The molecule has 0 bridgehead atoms. The van der Waals surface area contributed by atoms with E-state index in [9.17, 15) is 4.39 Å². The second-order valence-electron chi connectivity index (χ2n) is 7.01. The quantitative estimate of drug-likeness (QED) is 0.842. The van der Waals surface area contributed by atoms with Crippen LogP contribution in [0.4, 0.5) is 4.39 Å². The maximum Gasteiger partial charge on any atom is 0.143 e. The Morgan fingerprint density at radius 2 is 1.91 bits per heavy atom. The van der Waals surface area contributed by atoms with Crippen LogP contribution in [0.3, 0.4) is 0 Å². The van der Waals surface area contributed by atoms with Crippen LogP contribution in [0.25, 0.3) is 5.69 Å². The molecule has 0 atom stereocenters. The maximum atomic E-state index is 13.9. The number of rotatable bonds is 2. The minimum absolute atomic E-state index is 0.148. The standard InChI is InChI=1S/C16H21ClFN5/c1-16(2,3)22-6-4-11(5-7-22)12-8-13(17)14(18)9-15(12)23-10-19-20-21-23/h8-11H,4-7H2,1-3H3. The molecule has 5 nitrogen and oxygen atoms in total. The number of halogens is 2. The Kier molecular flexibility index (Phi) is 4.38. The summed E-state index contributed by atoms with van der Waals surface area (Å²) in [6.07, 6.45) is 3.50. The molecule has 2 heterocycles. The van der Waals surface area contributed by atoms with Crippen LogP contribution < -0.4 is 0 Å². The summed E-state index contributed by atoms with van der Waals surface area (Å²) >= 11 is 6.02. The van der Waals surface area contributed by atoms with E-state index in [-0.39, 0.29) is 10.6 Å². The predicted molar refractivity (Wildman–Crippen MR) is 87.4 cm³/mol. The zero-order chi connectivity index (χ0) is 16.6. The van der Waals surface area contributed by atoms with Crippen LogP contribution in [0, 0.1) is 5.82 Å². The smallest absolute Gasteiger partial charge is 0.143 e. The van der Waals surface area contributed by atoms with Gasteiger partial charge < -0.3 is 0 Å². The van der Waals surface area contributed by atoms with Crippen LogP contribution in [0.5, 0.6) is 0 Å². The first kappa shape index (κ1) is 16.3. The van der Waals surface area contributed by atoms with Gasteiger partial charge in [0.2, 0.25) is 0 Å². The monoisotopic (exact) mass is 337 g/mol. The third-order valence-electron chi connectivity index (χ3n) is 4.55. The van der Waals surface area contributed by atoms with Gasteiger partial charge in [0.25, 0.3) is 0 Å². The van der Waals surface area contributed by atoms with Gasteiger partial charge in [-0.05, 0) is 74.7 Å². The van der Waals surface area contributed by atoms with Crippen LogP contribution in [-0.2, 0) is 0 Å². The number of hydrogen-bond donors (Lipinski definition) is 0. The summed E-state index contributed by atoms with van der Waals surface area (Å²) in [6, 6.07) is 3.15. The van der Waals surface area contributed by atoms with Gasteiger partial charge in [0.1, 0.15) is 12.1 Å². The Labute approximate surface area is 140 Å². The van der Waals surface area contributed by atoms with Gasteiger partial charge in [-0.1, -0.05) is 11.6 Å². The molecule has 7 heteroatoms. The highest BCUT2D eigenvalue weighted by molar-refractivity contribution is 6.30. The van der Waals surface area contributed by atoms with E-state index in [0.29, 0.717) is 11.6 Å². The van der Waals surface area contributed by atoms with Gasteiger partial charge >= 0.3 is 0 Å². The molecule has 1 aliphatic heterocycles. The van der Waals surface area contributed by atoms with Crippen molar-refractivity contribution < 1.29 is 4.39 Å². The number of likely N-dealkylation sites (tertiary alicyclic amines) is 1.